The highest BCUT2D eigenvalue weighted by Crippen LogP contribution is 2.50. The monoisotopic (exact) mass is 612 g/mol. The number of carbonyl (C=O) groups is 4. The molecule has 12 heteroatoms. The second kappa shape index (κ2) is 11.7. The van der Waals surface area contributed by atoms with Gasteiger partial charge in [-0.1, -0.05) is 37.1 Å². The summed E-state index contributed by atoms with van der Waals surface area (Å²) in [5.74, 6) is -1.05. The fourth-order valence-corrected chi connectivity index (χ4v) is 6.79. The molecule has 4 heterocycles. The number of nitrogens with zero attached hydrogens (tertiary/aromatic N) is 2. The third-order valence-corrected chi connectivity index (χ3v) is 9.12. The molecular weight excluding hydrogens is 571 g/mol. The van der Waals surface area contributed by atoms with E-state index in [2.05, 4.69) is 22.8 Å². The summed E-state index contributed by atoms with van der Waals surface area (Å²) >= 11 is 0. The van der Waals surface area contributed by atoms with Crippen LogP contribution in [0.3, 0.4) is 0 Å². The van der Waals surface area contributed by atoms with Crippen LogP contribution in [0.5, 0.6) is 0 Å². The van der Waals surface area contributed by atoms with Crippen molar-refractivity contribution in [1.29, 1.82) is 0 Å². The maximum absolute atomic E-state index is 14.3. The molecule has 0 radical (unpaired) electrons. The molecule has 1 aliphatic carbocycles. The molecule has 0 aromatic heterocycles. The number of esters is 1. The zero-order chi connectivity index (χ0) is 31.2. The van der Waals surface area contributed by atoms with Crippen molar-refractivity contribution < 1.29 is 37.8 Å². The molecule has 5 aliphatic rings. The molecule has 4 aliphatic heterocycles. The topological polar surface area (TPSA) is 127 Å². The number of halogens is 1. The van der Waals surface area contributed by atoms with Crippen molar-refractivity contribution in [2.75, 3.05) is 6.54 Å². The van der Waals surface area contributed by atoms with Crippen LogP contribution in [0.2, 0.25) is 0 Å². The molecule has 3 fully saturated rings. The van der Waals surface area contributed by atoms with Gasteiger partial charge in [0.25, 0.3) is 0 Å². The first-order valence-electron chi connectivity index (χ1n) is 15.6. The van der Waals surface area contributed by atoms with Gasteiger partial charge >= 0.3 is 18.2 Å². The molecule has 1 saturated carbocycles. The summed E-state index contributed by atoms with van der Waals surface area (Å²) in [4.78, 5) is 56.2. The number of fused-ring (bicyclic) bond motifs is 4. The average Bonchev–Trinajstić information content (AvgIpc) is 3.24. The fourth-order valence-electron chi connectivity index (χ4n) is 6.79. The van der Waals surface area contributed by atoms with Crippen LogP contribution in [0, 0.1) is 11.7 Å². The molecule has 11 nitrogen and oxygen atoms in total. The lowest BCUT2D eigenvalue weighted by molar-refractivity contribution is -0.148. The van der Waals surface area contributed by atoms with E-state index in [0.717, 1.165) is 24.8 Å². The minimum absolute atomic E-state index is 0.0167. The van der Waals surface area contributed by atoms with Crippen LogP contribution in [0.15, 0.2) is 30.4 Å². The van der Waals surface area contributed by atoms with Gasteiger partial charge in [-0.05, 0) is 58.1 Å². The normalized spacial score (nSPS) is 32.4. The number of alkyl carbamates (subject to hydrolysis) is 1. The fraction of sp³-hybridized carbons (Fsp3) is 0.625. The summed E-state index contributed by atoms with van der Waals surface area (Å²) in [5, 5.41) is 6.13. The Kier molecular flexibility index (Phi) is 8.06. The van der Waals surface area contributed by atoms with Gasteiger partial charge in [-0.25, -0.2) is 18.8 Å². The van der Waals surface area contributed by atoms with Crippen LogP contribution in [0.25, 0.3) is 0 Å². The summed E-state index contributed by atoms with van der Waals surface area (Å²) in [5.41, 5.74) is -0.364. The van der Waals surface area contributed by atoms with E-state index in [1.807, 2.05) is 0 Å². The Balaban J connectivity index is 1.22. The lowest BCUT2D eigenvalue weighted by Gasteiger charge is -2.32. The largest absolute Gasteiger partial charge is 0.444 e. The summed E-state index contributed by atoms with van der Waals surface area (Å²) in [7, 11) is 0. The second-order valence-corrected chi connectivity index (χ2v) is 13.6. The van der Waals surface area contributed by atoms with E-state index >= 15 is 0 Å². The second-order valence-electron chi connectivity index (χ2n) is 13.6. The number of hydrogen-bond donors (Lipinski definition) is 2. The highest BCUT2D eigenvalue weighted by molar-refractivity contribution is 5.89. The number of carbonyl (C=O) groups excluding carboxylic acids is 4. The zero-order valence-electron chi connectivity index (χ0n) is 25.5. The van der Waals surface area contributed by atoms with Gasteiger partial charge in [-0.2, -0.15) is 0 Å². The smallest absolute Gasteiger partial charge is 0.410 e. The van der Waals surface area contributed by atoms with Gasteiger partial charge < -0.3 is 24.4 Å². The quantitative estimate of drug-likeness (QED) is 0.293. The lowest BCUT2D eigenvalue weighted by atomic mass is 10.0. The van der Waals surface area contributed by atoms with Crippen molar-refractivity contribution in [3.63, 3.8) is 0 Å². The van der Waals surface area contributed by atoms with E-state index in [1.54, 1.807) is 37.8 Å². The molecule has 6 atom stereocenters. The first-order chi connectivity index (χ1) is 20.9. The Morgan fingerprint density at radius 1 is 1.16 bits per heavy atom. The number of ether oxygens (including phenoxy) is 3. The minimum Gasteiger partial charge on any atom is -0.444 e. The molecule has 1 aromatic carbocycles. The highest BCUT2D eigenvalue weighted by Gasteiger charge is 2.66. The Bertz CT molecular complexity index is 1360. The van der Waals surface area contributed by atoms with Crippen LogP contribution >= 0.6 is 0 Å². The third-order valence-electron chi connectivity index (χ3n) is 9.12. The van der Waals surface area contributed by atoms with E-state index in [-0.39, 0.29) is 49.7 Å². The molecule has 3 amide bonds. The summed E-state index contributed by atoms with van der Waals surface area (Å²) in [6.07, 6.45) is 5.98. The van der Waals surface area contributed by atoms with E-state index in [1.165, 1.54) is 11.0 Å². The molecule has 1 aromatic rings. The maximum Gasteiger partial charge on any atom is 0.410 e. The molecule has 2 N–H and O–H groups in total. The molecular formula is C32H41FN4O7. The predicted octanol–water partition coefficient (Wildman–Crippen LogP) is 3.89. The molecule has 1 unspecified atom stereocenters. The van der Waals surface area contributed by atoms with E-state index < -0.39 is 47.7 Å². The van der Waals surface area contributed by atoms with Crippen molar-refractivity contribution >= 4 is 24.1 Å². The van der Waals surface area contributed by atoms with Crippen LogP contribution < -0.4 is 10.6 Å². The number of hydrogen-bond acceptors (Lipinski definition) is 8. The number of allylic oxidation sites excluding steroid dienone is 1. The van der Waals surface area contributed by atoms with Crippen LogP contribution in [-0.4, -0.2) is 76.0 Å². The van der Waals surface area contributed by atoms with Gasteiger partial charge in [0.1, 0.15) is 29.1 Å². The maximum atomic E-state index is 14.3. The van der Waals surface area contributed by atoms with Gasteiger partial charge in [-0.15, -0.1) is 0 Å². The van der Waals surface area contributed by atoms with Gasteiger partial charge in [0.05, 0.1) is 19.1 Å². The van der Waals surface area contributed by atoms with Crippen molar-refractivity contribution in [3.05, 3.63) is 47.3 Å². The Morgan fingerprint density at radius 2 is 1.98 bits per heavy atom. The third kappa shape index (κ3) is 6.13. The Morgan fingerprint density at radius 3 is 2.75 bits per heavy atom. The molecule has 1 spiro atoms. The molecule has 238 valence electrons. The van der Waals surface area contributed by atoms with E-state index in [0.29, 0.717) is 24.8 Å². The minimum atomic E-state index is -0.877. The number of nitrogens with one attached hydrogen (secondary N) is 2. The SMILES string of the molecule is CC(C)(C)OC(=O)N[C@H]1CCCCC/C=C\[C@@H]2C[C@@]23NC(OC3=O)[C@@H]2C[C@@H](OC(=O)N3Cc4cccc(F)c4C3)CN2C1=O. The van der Waals surface area contributed by atoms with Crippen LogP contribution in [0.1, 0.15) is 76.8 Å². The number of benzene rings is 1. The first-order valence-corrected chi connectivity index (χ1v) is 15.6. The van der Waals surface area contributed by atoms with Gasteiger partial charge in [0.2, 0.25) is 5.91 Å². The van der Waals surface area contributed by atoms with Crippen molar-refractivity contribution in [2.45, 2.75) is 114 Å². The van der Waals surface area contributed by atoms with Crippen LogP contribution in [-0.2, 0) is 36.9 Å². The number of amides is 3. The molecule has 2 saturated heterocycles. The summed E-state index contributed by atoms with van der Waals surface area (Å²) in [6, 6.07) is 3.26. The van der Waals surface area contributed by atoms with Crippen molar-refractivity contribution in [2.24, 2.45) is 5.92 Å². The van der Waals surface area contributed by atoms with Crippen molar-refractivity contribution in [1.82, 2.24) is 20.4 Å². The molecule has 6 rings (SSSR count). The van der Waals surface area contributed by atoms with Gasteiger partial charge in [0.15, 0.2) is 6.23 Å². The zero-order valence-corrected chi connectivity index (χ0v) is 25.5. The predicted molar refractivity (Wildman–Crippen MR) is 155 cm³/mol. The highest BCUT2D eigenvalue weighted by atomic mass is 19.1. The summed E-state index contributed by atoms with van der Waals surface area (Å²) in [6.45, 7) is 5.64. The first kappa shape index (κ1) is 30.4. The summed E-state index contributed by atoms with van der Waals surface area (Å²) < 4.78 is 31.5. The van der Waals surface area contributed by atoms with Gasteiger partial charge in [-0.3, -0.25) is 15.0 Å². The molecule has 44 heavy (non-hydrogen) atoms. The van der Waals surface area contributed by atoms with Crippen molar-refractivity contribution in [3.8, 4) is 0 Å². The Labute approximate surface area is 256 Å². The Hall–Kier alpha value is -3.67. The lowest BCUT2D eigenvalue weighted by Crippen LogP contribution is -2.55. The van der Waals surface area contributed by atoms with E-state index in [4.69, 9.17) is 14.2 Å². The standard InChI is InChI=1S/C32H41FN4O7/c1-31(2,3)44-29(40)34-24-13-8-6-4-5-7-11-20-15-32(20)28(39)43-26(35-32)25-14-21(17-37(25)27(24)38)42-30(41)36-16-19-10-9-12-23(33)22(19)18-36/h7,9-12,20-21,24-26,35H,4-6,8,13-18H2,1-3H3,(H,34,40)/b11-7-/t20-,21-,24+,25+,26?,32-/m1/s1. The average molecular weight is 613 g/mol. The number of rotatable bonds is 2. The van der Waals surface area contributed by atoms with Crippen LogP contribution in [0.4, 0.5) is 14.0 Å². The molecule has 2 bridgehead atoms. The van der Waals surface area contributed by atoms with E-state index in [9.17, 15) is 23.6 Å². The van der Waals surface area contributed by atoms with Gasteiger partial charge in [0, 0.05) is 24.4 Å².